The summed E-state index contributed by atoms with van der Waals surface area (Å²) in [7, 11) is 0. The molecule has 0 saturated heterocycles. The van der Waals surface area contributed by atoms with Crippen molar-refractivity contribution in [3.8, 4) is 0 Å². The van der Waals surface area contributed by atoms with E-state index >= 15 is 0 Å². The molecule has 0 spiro atoms. The van der Waals surface area contributed by atoms with Crippen LogP contribution in [-0.2, 0) is 0 Å². The first-order valence-electron chi connectivity index (χ1n) is 5.38. The standard InChI is InChI=1S/C12H18N3.Al/c1-5-10(4)8-12-11(14-13)6-7-15(12)9(2)3;/h5-9H,4,13H2,1-3H3;/b12-8+,14-11-;. The SMILES string of the molecule is C=C(/C=C1\C(=N/N)C=CN1C(C)C)[CH](C)[Al]. The zero-order valence-corrected chi connectivity index (χ0v) is 11.3. The van der Waals surface area contributed by atoms with E-state index in [4.69, 9.17) is 5.84 Å². The lowest BCUT2D eigenvalue weighted by Crippen LogP contribution is -2.24. The molecular weight excluding hydrogens is 213 g/mol. The van der Waals surface area contributed by atoms with E-state index in [1.807, 2.05) is 18.4 Å². The first kappa shape index (κ1) is 13.1. The van der Waals surface area contributed by atoms with Crippen LogP contribution in [-0.4, -0.2) is 32.9 Å². The quantitative estimate of drug-likeness (QED) is 0.458. The fourth-order valence-electron chi connectivity index (χ4n) is 1.46. The van der Waals surface area contributed by atoms with Gasteiger partial charge in [-0.25, -0.2) is 0 Å². The largest absolute Gasteiger partial charge is 0.344 e. The van der Waals surface area contributed by atoms with Crippen LogP contribution in [0.4, 0.5) is 0 Å². The Hall–Kier alpha value is -0.978. The van der Waals surface area contributed by atoms with E-state index in [9.17, 15) is 0 Å². The van der Waals surface area contributed by atoms with Crippen LogP contribution in [0.3, 0.4) is 0 Å². The molecule has 1 aliphatic heterocycles. The van der Waals surface area contributed by atoms with Gasteiger partial charge in [-0.2, -0.15) is 5.10 Å². The molecule has 0 aromatic heterocycles. The number of hydrazone groups is 1. The molecule has 3 nitrogen and oxygen atoms in total. The molecule has 2 radical (unpaired) electrons. The Morgan fingerprint density at radius 3 is 2.62 bits per heavy atom. The highest BCUT2D eigenvalue weighted by Crippen LogP contribution is 2.23. The number of hydrogen-bond acceptors (Lipinski definition) is 3. The van der Waals surface area contributed by atoms with E-state index in [1.54, 1.807) is 0 Å². The fraction of sp³-hybridized carbons (Fsp3) is 0.417. The summed E-state index contributed by atoms with van der Waals surface area (Å²) in [5.41, 5.74) is 2.88. The molecule has 0 aromatic rings. The molecule has 0 saturated carbocycles. The van der Waals surface area contributed by atoms with Crippen molar-refractivity contribution < 1.29 is 0 Å². The monoisotopic (exact) mass is 231 g/mol. The van der Waals surface area contributed by atoms with Gasteiger partial charge in [0.1, 0.15) is 22.0 Å². The average molecular weight is 231 g/mol. The molecule has 1 unspecified atom stereocenters. The van der Waals surface area contributed by atoms with Gasteiger partial charge in [-0.05, 0) is 26.0 Å². The first-order chi connectivity index (χ1) is 7.47. The Kier molecular flexibility index (Phi) is 4.40. The van der Waals surface area contributed by atoms with Crippen LogP contribution < -0.4 is 5.84 Å². The van der Waals surface area contributed by atoms with Crippen molar-refractivity contribution in [2.75, 3.05) is 0 Å². The highest BCUT2D eigenvalue weighted by atomic mass is 27.0. The molecule has 0 bridgehead atoms. The highest BCUT2D eigenvalue weighted by Gasteiger charge is 2.20. The maximum atomic E-state index is 5.37. The Morgan fingerprint density at radius 2 is 2.19 bits per heavy atom. The molecule has 1 rings (SSSR count). The third-order valence-electron chi connectivity index (χ3n) is 2.54. The van der Waals surface area contributed by atoms with Crippen LogP contribution in [0.25, 0.3) is 0 Å². The van der Waals surface area contributed by atoms with Crippen molar-refractivity contribution in [2.45, 2.75) is 31.6 Å². The predicted octanol–water partition coefficient (Wildman–Crippen LogP) is 1.96. The van der Waals surface area contributed by atoms with Crippen LogP contribution in [0.15, 0.2) is 41.3 Å². The Balaban J connectivity index is 3.02. The van der Waals surface area contributed by atoms with Crippen molar-refractivity contribution in [2.24, 2.45) is 10.9 Å². The molecule has 0 fully saturated rings. The summed E-state index contributed by atoms with van der Waals surface area (Å²) < 4.78 is 0.348. The Labute approximate surface area is 106 Å². The Morgan fingerprint density at radius 1 is 1.56 bits per heavy atom. The van der Waals surface area contributed by atoms with Crippen LogP contribution >= 0.6 is 0 Å². The van der Waals surface area contributed by atoms with Gasteiger partial charge in [0.15, 0.2) is 0 Å². The van der Waals surface area contributed by atoms with Crippen LogP contribution in [0.5, 0.6) is 0 Å². The van der Waals surface area contributed by atoms with Gasteiger partial charge in [0.2, 0.25) is 0 Å². The van der Waals surface area contributed by atoms with E-state index in [2.05, 4.69) is 53.6 Å². The lowest BCUT2D eigenvalue weighted by atomic mass is 10.1. The second-order valence-electron chi connectivity index (χ2n) is 4.22. The topological polar surface area (TPSA) is 41.6 Å². The van der Waals surface area contributed by atoms with Crippen molar-refractivity contribution in [3.05, 3.63) is 36.2 Å². The molecule has 0 aliphatic carbocycles. The van der Waals surface area contributed by atoms with Crippen LogP contribution in [0, 0.1) is 0 Å². The zero-order chi connectivity index (χ0) is 12.3. The van der Waals surface area contributed by atoms with E-state index < -0.39 is 0 Å². The van der Waals surface area contributed by atoms with Gasteiger partial charge < -0.3 is 10.7 Å². The number of allylic oxidation sites excluding steroid dienone is 3. The molecule has 1 heterocycles. The first-order valence-corrected chi connectivity index (χ1v) is 6.05. The summed E-state index contributed by atoms with van der Waals surface area (Å²) in [5, 5.41) is 3.79. The van der Waals surface area contributed by atoms with Crippen LogP contribution in [0.2, 0.25) is 4.78 Å². The fourth-order valence-corrected chi connectivity index (χ4v) is 1.56. The number of nitrogens with two attached hydrogens (primary N) is 1. The summed E-state index contributed by atoms with van der Waals surface area (Å²) in [4.78, 5) is 2.14. The van der Waals surface area contributed by atoms with Gasteiger partial charge in [-0.3, -0.25) is 0 Å². The average Bonchev–Trinajstić information content (AvgIpc) is 2.60. The molecule has 1 atom stereocenters. The highest BCUT2D eigenvalue weighted by molar-refractivity contribution is 6.14. The molecule has 2 N–H and O–H groups in total. The number of nitrogens with zero attached hydrogens (tertiary/aromatic N) is 2. The summed E-state index contributed by atoms with van der Waals surface area (Å²) in [6.07, 6.45) is 5.97. The third kappa shape index (κ3) is 2.78. The molecule has 1 aliphatic rings. The van der Waals surface area contributed by atoms with Gasteiger partial charge in [0.25, 0.3) is 0 Å². The van der Waals surface area contributed by atoms with Crippen molar-refractivity contribution in [1.82, 2.24) is 4.90 Å². The molecule has 84 valence electrons. The lowest BCUT2D eigenvalue weighted by Gasteiger charge is -2.23. The van der Waals surface area contributed by atoms with Gasteiger partial charge >= 0.3 is 0 Å². The predicted molar refractivity (Wildman–Crippen MR) is 70.1 cm³/mol. The maximum absolute atomic E-state index is 5.37. The van der Waals surface area contributed by atoms with Gasteiger partial charge in [0.05, 0.1) is 5.70 Å². The van der Waals surface area contributed by atoms with Crippen LogP contribution in [0.1, 0.15) is 20.8 Å². The lowest BCUT2D eigenvalue weighted by molar-refractivity contribution is 0.408. The third-order valence-corrected chi connectivity index (χ3v) is 2.96. The minimum atomic E-state index is 0.348. The van der Waals surface area contributed by atoms with Crippen molar-refractivity contribution >= 4 is 22.0 Å². The Bertz CT molecular complexity index is 364. The molecular formula is C12H18AlN3. The van der Waals surface area contributed by atoms with E-state index in [0.717, 1.165) is 17.0 Å². The summed E-state index contributed by atoms with van der Waals surface area (Å²) in [5.74, 6) is 5.37. The van der Waals surface area contributed by atoms with Crippen molar-refractivity contribution in [1.29, 1.82) is 0 Å². The smallest absolute Gasteiger partial charge is 0.131 e. The minimum Gasteiger partial charge on any atom is -0.344 e. The second kappa shape index (κ2) is 5.38. The summed E-state index contributed by atoms with van der Waals surface area (Å²) >= 11 is 2.73. The van der Waals surface area contributed by atoms with Gasteiger partial charge in [-0.1, -0.05) is 23.9 Å². The minimum absolute atomic E-state index is 0.348. The normalized spacial score (nSPS) is 22.4. The van der Waals surface area contributed by atoms with E-state index in [1.165, 1.54) is 0 Å². The zero-order valence-electron chi connectivity index (χ0n) is 10.1. The molecule has 4 heteroatoms. The van der Waals surface area contributed by atoms with E-state index in [-0.39, 0.29) is 0 Å². The van der Waals surface area contributed by atoms with Gasteiger partial charge in [0, 0.05) is 12.2 Å². The number of hydrogen-bond donors (Lipinski definition) is 1. The maximum Gasteiger partial charge on any atom is 0.131 e. The van der Waals surface area contributed by atoms with E-state index in [0.29, 0.717) is 10.8 Å². The second-order valence-corrected chi connectivity index (χ2v) is 5.22. The molecule has 0 amide bonds. The molecule has 0 aromatic carbocycles. The summed E-state index contributed by atoms with van der Waals surface area (Å²) in [6.45, 7) is 10.4. The van der Waals surface area contributed by atoms with Gasteiger partial charge in [-0.15, -0.1) is 0 Å². The van der Waals surface area contributed by atoms with Crippen molar-refractivity contribution in [3.63, 3.8) is 0 Å². The number of rotatable bonds is 3. The molecule has 16 heavy (non-hydrogen) atoms. The summed E-state index contributed by atoms with van der Waals surface area (Å²) in [6, 6.07) is 0.384.